The fourth-order valence-electron chi connectivity index (χ4n) is 3.69. The maximum Gasteiger partial charge on any atom is 0.494 e. The van der Waals surface area contributed by atoms with Crippen molar-refractivity contribution in [1.29, 1.82) is 0 Å². The van der Waals surface area contributed by atoms with E-state index in [-0.39, 0.29) is 18.3 Å². The van der Waals surface area contributed by atoms with Gasteiger partial charge in [-0.25, -0.2) is 0 Å². The standard InChI is InChI=1S/C19H30BNO2/c1-14-10-11-17(21(6)13-14)15-8-7-9-16(12-15)20-22-18(2,3)19(4,5)23-20/h7-9,12,14,17H,10-11,13H2,1-6H3/t14-,17+/m0/s1. The minimum atomic E-state index is -0.287. The van der Waals surface area contributed by atoms with Crippen molar-refractivity contribution >= 4 is 12.6 Å². The van der Waals surface area contributed by atoms with Crippen LogP contribution in [0.25, 0.3) is 0 Å². The normalized spacial score (nSPS) is 30.6. The van der Waals surface area contributed by atoms with Crippen molar-refractivity contribution in [2.24, 2.45) is 5.92 Å². The lowest BCUT2D eigenvalue weighted by Crippen LogP contribution is -2.41. The van der Waals surface area contributed by atoms with Crippen molar-refractivity contribution in [3.05, 3.63) is 29.8 Å². The molecule has 0 bridgehead atoms. The van der Waals surface area contributed by atoms with Crippen LogP contribution in [0.3, 0.4) is 0 Å². The second kappa shape index (κ2) is 5.91. The molecule has 2 saturated heterocycles. The Balaban J connectivity index is 1.81. The van der Waals surface area contributed by atoms with Crippen LogP contribution in [0, 0.1) is 5.92 Å². The van der Waals surface area contributed by atoms with Crippen LogP contribution in [0.1, 0.15) is 59.1 Å². The molecule has 126 valence electrons. The summed E-state index contributed by atoms with van der Waals surface area (Å²) in [6.07, 6.45) is 2.53. The van der Waals surface area contributed by atoms with Gasteiger partial charge in [0.15, 0.2) is 0 Å². The highest BCUT2D eigenvalue weighted by molar-refractivity contribution is 6.62. The summed E-state index contributed by atoms with van der Waals surface area (Å²) < 4.78 is 12.4. The summed E-state index contributed by atoms with van der Waals surface area (Å²) in [6.45, 7) is 11.9. The first kappa shape index (κ1) is 17.0. The quantitative estimate of drug-likeness (QED) is 0.781. The lowest BCUT2D eigenvalue weighted by molar-refractivity contribution is 0.00578. The van der Waals surface area contributed by atoms with Gasteiger partial charge in [0.2, 0.25) is 0 Å². The first-order valence-corrected chi connectivity index (χ1v) is 8.85. The number of nitrogens with zero attached hydrogens (tertiary/aromatic N) is 1. The van der Waals surface area contributed by atoms with E-state index in [1.807, 2.05) is 0 Å². The molecular weight excluding hydrogens is 285 g/mol. The predicted molar refractivity (Wildman–Crippen MR) is 95.9 cm³/mol. The summed E-state index contributed by atoms with van der Waals surface area (Å²) >= 11 is 0. The summed E-state index contributed by atoms with van der Waals surface area (Å²) in [5, 5.41) is 0. The number of hydrogen-bond acceptors (Lipinski definition) is 3. The molecule has 2 aliphatic rings. The van der Waals surface area contributed by atoms with Crippen molar-refractivity contribution < 1.29 is 9.31 Å². The van der Waals surface area contributed by atoms with Gasteiger partial charge in [-0.3, -0.25) is 4.90 Å². The third kappa shape index (κ3) is 3.22. The Morgan fingerprint density at radius 2 is 1.74 bits per heavy atom. The molecule has 4 heteroatoms. The van der Waals surface area contributed by atoms with Gasteiger partial charge in [-0.1, -0.05) is 31.2 Å². The summed E-state index contributed by atoms with van der Waals surface area (Å²) in [7, 11) is 1.97. The minimum absolute atomic E-state index is 0.271. The van der Waals surface area contributed by atoms with Gasteiger partial charge in [-0.2, -0.15) is 0 Å². The van der Waals surface area contributed by atoms with Crippen LogP contribution in [0.5, 0.6) is 0 Å². The SMILES string of the molecule is C[C@H]1CC[C@H](c2cccc(B3OC(C)(C)C(C)(C)O3)c2)N(C)C1. The molecule has 2 heterocycles. The van der Waals surface area contributed by atoms with Crippen molar-refractivity contribution in [3.8, 4) is 0 Å². The number of benzene rings is 1. The zero-order valence-electron chi connectivity index (χ0n) is 15.4. The fourth-order valence-corrected chi connectivity index (χ4v) is 3.69. The molecule has 0 aromatic heterocycles. The summed E-state index contributed by atoms with van der Waals surface area (Å²) in [4.78, 5) is 2.48. The zero-order valence-corrected chi connectivity index (χ0v) is 15.4. The molecular formula is C19H30BNO2. The predicted octanol–water partition coefficient (Wildman–Crippen LogP) is 3.39. The Labute approximate surface area is 141 Å². The van der Waals surface area contributed by atoms with Crippen molar-refractivity contribution in [2.45, 2.75) is 64.7 Å². The first-order valence-electron chi connectivity index (χ1n) is 8.85. The minimum Gasteiger partial charge on any atom is -0.399 e. The molecule has 0 radical (unpaired) electrons. The van der Waals surface area contributed by atoms with Crippen LogP contribution in [0.15, 0.2) is 24.3 Å². The van der Waals surface area contributed by atoms with E-state index < -0.39 is 0 Å². The Hall–Kier alpha value is -0.835. The van der Waals surface area contributed by atoms with E-state index in [1.54, 1.807) is 0 Å². The van der Waals surface area contributed by atoms with Crippen LogP contribution in [-0.4, -0.2) is 36.8 Å². The average molecular weight is 315 g/mol. The lowest BCUT2D eigenvalue weighted by atomic mass is 9.77. The van der Waals surface area contributed by atoms with Crippen molar-refractivity contribution in [2.75, 3.05) is 13.6 Å². The molecule has 3 rings (SSSR count). The number of hydrogen-bond donors (Lipinski definition) is 0. The lowest BCUT2D eigenvalue weighted by Gasteiger charge is -2.36. The maximum atomic E-state index is 6.20. The van der Waals surface area contributed by atoms with Gasteiger partial charge in [-0.15, -0.1) is 0 Å². The van der Waals surface area contributed by atoms with Crippen LogP contribution < -0.4 is 5.46 Å². The Morgan fingerprint density at radius 1 is 1.09 bits per heavy atom. The number of likely N-dealkylation sites (tertiary alicyclic amines) is 1. The highest BCUT2D eigenvalue weighted by atomic mass is 16.7. The number of rotatable bonds is 2. The molecule has 0 saturated carbocycles. The summed E-state index contributed by atoms with van der Waals surface area (Å²) in [5.41, 5.74) is 1.94. The topological polar surface area (TPSA) is 21.7 Å². The van der Waals surface area contributed by atoms with E-state index >= 15 is 0 Å². The molecule has 2 aliphatic heterocycles. The van der Waals surface area contributed by atoms with E-state index in [0.717, 1.165) is 11.4 Å². The monoisotopic (exact) mass is 315 g/mol. The van der Waals surface area contributed by atoms with Crippen molar-refractivity contribution in [3.63, 3.8) is 0 Å². The Bertz CT molecular complexity index is 556. The highest BCUT2D eigenvalue weighted by Gasteiger charge is 2.51. The molecule has 3 nitrogen and oxygen atoms in total. The van der Waals surface area contributed by atoms with Gasteiger partial charge in [0.1, 0.15) is 0 Å². The van der Waals surface area contributed by atoms with Crippen LogP contribution in [0.4, 0.5) is 0 Å². The van der Waals surface area contributed by atoms with E-state index in [2.05, 4.69) is 70.8 Å². The molecule has 0 unspecified atom stereocenters. The molecule has 0 spiro atoms. The fraction of sp³-hybridized carbons (Fsp3) is 0.684. The largest absolute Gasteiger partial charge is 0.494 e. The van der Waals surface area contributed by atoms with E-state index in [0.29, 0.717) is 6.04 Å². The molecule has 0 aliphatic carbocycles. The molecule has 2 atom stereocenters. The third-order valence-corrected chi connectivity index (χ3v) is 5.89. The van der Waals surface area contributed by atoms with Gasteiger partial charge in [-0.05, 0) is 64.5 Å². The molecule has 2 fully saturated rings. The van der Waals surface area contributed by atoms with E-state index in [9.17, 15) is 0 Å². The van der Waals surface area contributed by atoms with Crippen molar-refractivity contribution in [1.82, 2.24) is 4.90 Å². The molecule has 23 heavy (non-hydrogen) atoms. The van der Waals surface area contributed by atoms with Crippen LogP contribution in [-0.2, 0) is 9.31 Å². The van der Waals surface area contributed by atoms with Gasteiger partial charge in [0, 0.05) is 12.6 Å². The third-order valence-electron chi connectivity index (χ3n) is 5.89. The smallest absolute Gasteiger partial charge is 0.399 e. The first-order chi connectivity index (χ1) is 10.7. The van der Waals surface area contributed by atoms with Gasteiger partial charge < -0.3 is 9.31 Å². The Kier molecular flexibility index (Phi) is 4.37. The maximum absolute atomic E-state index is 6.20. The van der Waals surface area contributed by atoms with E-state index in [4.69, 9.17) is 9.31 Å². The summed E-state index contributed by atoms with van der Waals surface area (Å²) in [6, 6.07) is 9.29. The molecule has 0 amide bonds. The zero-order chi connectivity index (χ0) is 16.8. The van der Waals surface area contributed by atoms with Crippen LogP contribution >= 0.6 is 0 Å². The summed E-state index contributed by atoms with van der Waals surface area (Å²) in [5.74, 6) is 0.794. The molecule has 1 aromatic carbocycles. The van der Waals surface area contributed by atoms with Crippen LogP contribution in [0.2, 0.25) is 0 Å². The van der Waals surface area contributed by atoms with E-state index in [1.165, 1.54) is 24.9 Å². The highest BCUT2D eigenvalue weighted by Crippen LogP contribution is 2.37. The van der Waals surface area contributed by atoms with Gasteiger partial charge in [0.25, 0.3) is 0 Å². The Morgan fingerprint density at radius 3 is 2.35 bits per heavy atom. The molecule has 0 N–H and O–H groups in total. The molecule has 1 aromatic rings. The van der Waals surface area contributed by atoms with Gasteiger partial charge in [0.05, 0.1) is 11.2 Å². The second-order valence-corrected chi connectivity index (χ2v) is 8.40. The number of piperidine rings is 1. The van der Waals surface area contributed by atoms with Gasteiger partial charge >= 0.3 is 7.12 Å². The average Bonchev–Trinajstić information content (AvgIpc) is 2.68. The second-order valence-electron chi connectivity index (χ2n) is 8.40.